The second-order valence-electron chi connectivity index (χ2n) is 7.93. The second kappa shape index (κ2) is 8.67. The molecule has 0 radical (unpaired) electrons. The van der Waals surface area contributed by atoms with Gasteiger partial charge in [0.25, 0.3) is 5.91 Å². The van der Waals surface area contributed by atoms with Crippen LogP contribution in [-0.2, 0) is 0 Å². The fourth-order valence-electron chi connectivity index (χ4n) is 3.93. The quantitative estimate of drug-likeness (QED) is 0.444. The van der Waals surface area contributed by atoms with Gasteiger partial charge in [-0.3, -0.25) is 4.79 Å². The third kappa shape index (κ3) is 4.12. The van der Waals surface area contributed by atoms with Gasteiger partial charge in [-0.25, -0.2) is 9.97 Å². The molecule has 1 N–H and O–H groups in total. The zero-order chi connectivity index (χ0) is 21.9. The number of aromatic nitrogens is 2. The summed E-state index contributed by atoms with van der Waals surface area (Å²) in [6.07, 6.45) is 3.73. The first-order valence-electron chi connectivity index (χ1n) is 10.8. The molecule has 6 nitrogen and oxygen atoms in total. The zero-order valence-electron chi connectivity index (χ0n) is 17.9. The lowest BCUT2D eigenvalue weighted by Gasteiger charge is -2.19. The van der Waals surface area contributed by atoms with Gasteiger partial charge >= 0.3 is 0 Å². The van der Waals surface area contributed by atoms with Gasteiger partial charge in [-0.05, 0) is 68.3 Å². The van der Waals surface area contributed by atoms with Crippen LogP contribution in [0.4, 0.5) is 11.4 Å². The van der Waals surface area contributed by atoms with Crippen molar-refractivity contribution in [2.75, 3.05) is 18.4 Å². The standard InChI is InChI=1S/C26H24N4O2/c1-18-9-14-22-24(23(17-27-25(22)28-18)26(31)30-15-5-6-16-30)29-19-10-12-21(13-11-19)32-20-7-3-2-4-8-20/h2-4,7-14,17H,5-6,15-16H2,1H3,(H,27,28,29). The highest BCUT2D eigenvalue weighted by Crippen LogP contribution is 2.31. The van der Waals surface area contributed by atoms with E-state index in [-0.39, 0.29) is 5.91 Å². The lowest BCUT2D eigenvalue weighted by atomic mass is 10.1. The largest absolute Gasteiger partial charge is 0.457 e. The lowest BCUT2D eigenvalue weighted by molar-refractivity contribution is 0.0793. The molecule has 0 bridgehead atoms. The number of fused-ring (bicyclic) bond motifs is 1. The Balaban J connectivity index is 1.48. The maximum Gasteiger partial charge on any atom is 0.257 e. The van der Waals surface area contributed by atoms with Crippen molar-refractivity contribution in [3.05, 3.63) is 84.2 Å². The van der Waals surface area contributed by atoms with E-state index in [4.69, 9.17) is 4.74 Å². The van der Waals surface area contributed by atoms with Crippen molar-refractivity contribution < 1.29 is 9.53 Å². The highest BCUT2D eigenvalue weighted by molar-refractivity contribution is 6.07. The Bertz CT molecular complexity index is 1250. The molecule has 1 saturated heterocycles. The van der Waals surface area contributed by atoms with Crippen molar-refractivity contribution in [3.63, 3.8) is 0 Å². The number of hydrogen-bond acceptors (Lipinski definition) is 5. The SMILES string of the molecule is Cc1ccc2c(Nc3ccc(Oc4ccccc4)cc3)c(C(=O)N3CCCC3)cnc2n1. The summed E-state index contributed by atoms with van der Waals surface area (Å²) in [4.78, 5) is 24.1. The molecule has 1 fully saturated rings. The Morgan fingerprint density at radius 1 is 0.938 bits per heavy atom. The summed E-state index contributed by atoms with van der Waals surface area (Å²) in [5.41, 5.74) is 3.66. The summed E-state index contributed by atoms with van der Waals surface area (Å²) in [6.45, 7) is 3.50. The van der Waals surface area contributed by atoms with E-state index in [1.165, 1.54) is 0 Å². The number of aryl methyl sites for hydroxylation is 1. The van der Waals surface area contributed by atoms with E-state index in [9.17, 15) is 4.79 Å². The van der Waals surface area contributed by atoms with E-state index in [1.807, 2.05) is 78.6 Å². The third-order valence-corrected chi connectivity index (χ3v) is 5.60. The Morgan fingerprint density at radius 2 is 1.66 bits per heavy atom. The molecule has 5 rings (SSSR count). The van der Waals surface area contributed by atoms with Crippen LogP contribution < -0.4 is 10.1 Å². The Kier molecular flexibility index (Phi) is 5.42. The van der Waals surface area contributed by atoms with Crippen LogP contribution in [0, 0.1) is 6.92 Å². The molecule has 6 heteroatoms. The number of carbonyl (C=O) groups excluding carboxylic acids is 1. The number of para-hydroxylation sites is 1. The molecule has 0 aliphatic carbocycles. The fourth-order valence-corrected chi connectivity index (χ4v) is 3.93. The number of rotatable bonds is 5. The van der Waals surface area contributed by atoms with E-state index >= 15 is 0 Å². The molecule has 3 heterocycles. The molecule has 1 aliphatic heterocycles. The lowest BCUT2D eigenvalue weighted by Crippen LogP contribution is -2.28. The van der Waals surface area contributed by atoms with E-state index in [2.05, 4.69) is 15.3 Å². The average molecular weight is 425 g/mol. The minimum Gasteiger partial charge on any atom is -0.457 e. The molecular weight excluding hydrogens is 400 g/mol. The minimum absolute atomic E-state index is 0.00371. The summed E-state index contributed by atoms with van der Waals surface area (Å²) in [7, 11) is 0. The van der Waals surface area contributed by atoms with Crippen LogP contribution in [0.25, 0.3) is 11.0 Å². The topological polar surface area (TPSA) is 67.3 Å². The van der Waals surface area contributed by atoms with E-state index in [1.54, 1.807) is 6.20 Å². The number of anilines is 2. The molecule has 32 heavy (non-hydrogen) atoms. The first-order chi connectivity index (χ1) is 15.7. The number of carbonyl (C=O) groups is 1. The van der Waals surface area contributed by atoms with Gasteiger partial charge in [0, 0.05) is 36.1 Å². The molecule has 4 aromatic rings. The molecule has 0 atom stereocenters. The predicted molar refractivity (Wildman–Crippen MR) is 126 cm³/mol. The molecule has 0 spiro atoms. The molecule has 1 amide bonds. The number of pyridine rings is 2. The van der Waals surface area contributed by atoms with Crippen molar-refractivity contribution in [1.82, 2.24) is 14.9 Å². The van der Waals surface area contributed by atoms with Crippen LogP contribution in [0.2, 0.25) is 0 Å². The van der Waals surface area contributed by atoms with Crippen molar-refractivity contribution in [2.45, 2.75) is 19.8 Å². The number of hydrogen-bond donors (Lipinski definition) is 1. The van der Waals surface area contributed by atoms with Gasteiger partial charge < -0.3 is 15.0 Å². The van der Waals surface area contributed by atoms with Crippen molar-refractivity contribution in [2.24, 2.45) is 0 Å². The molecule has 0 saturated carbocycles. The summed E-state index contributed by atoms with van der Waals surface area (Å²) in [5, 5.41) is 4.27. The number of nitrogens with one attached hydrogen (secondary N) is 1. The smallest absolute Gasteiger partial charge is 0.257 e. The number of amides is 1. The van der Waals surface area contributed by atoms with Crippen LogP contribution in [0.5, 0.6) is 11.5 Å². The molecule has 1 aliphatic rings. The minimum atomic E-state index is 0.00371. The van der Waals surface area contributed by atoms with Gasteiger partial charge in [-0.2, -0.15) is 0 Å². The summed E-state index contributed by atoms with van der Waals surface area (Å²) in [6, 6.07) is 21.3. The van der Waals surface area contributed by atoms with Gasteiger partial charge in [0.2, 0.25) is 0 Å². The molecule has 2 aromatic carbocycles. The van der Waals surface area contributed by atoms with Crippen molar-refractivity contribution >= 4 is 28.3 Å². The summed E-state index contributed by atoms with van der Waals surface area (Å²) in [5.74, 6) is 1.53. The van der Waals surface area contributed by atoms with E-state index < -0.39 is 0 Å². The normalized spacial score (nSPS) is 13.3. The van der Waals surface area contributed by atoms with Crippen LogP contribution in [0.3, 0.4) is 0 Å². The second-order valence-corrected chi connectivity index (χ2v) is 7.93. The van der Waals surface area contributed by atoms with Gasteiger partial charge in [-0.1, -0.05) is 18.2 Å². The van der Waals surface area contributed by atoms with Crippen LogP contribution in [-0.4, -0.2) is 33.9 Å². The average Bonchev–Trinajstić information content (AvgIpc) is 3.36. The Hall–Kier alpha value is -3.93. The first-order valence-corrected chi connectivity index (χ1v) is 10.8. The predicted octanol–water partition coefficient (Wildman–Crippen LogP) is 5.71. The number of likely N-dealkylation sites (tertiary alicyclic amines) is 1. The first kappa shape index (κ1) is 20.0. The Labute approximate surface area is 186 Å². The Morgan fingerprint density at radius 3 is 2.41 bits per heavy atom. The van der Waals surface area contributed by atoms with Crippen LogP contribution in [0.15, 0.2) is 72.9 Å². The maximum absolute atomic E-state index is 13.2. The number of ether oxygens (including phenoxy) is 1. The van der Waals surface area contributed by atoms with Crippen LogP contribution >= 0.6 is 0 Å². The van der Waals surface area contributed by atoms with Gasteiger partial charge in [0.1, 0.15) is 11.5 Å². The molecular formula is C26H24N4O2. The number of benzene rings is 2. The van der Waals surface area contributed by atoms with Gasteiger partial charge in [0.15, 0.2) is 5.65 Å². The maximum atomic E-state index is 13.2. The number of nitrogens with zero attached hydrogens (tertiary/aromatic N) is 3. The third-order valence-electron chi connectivity index (χ3n) is 5.60. The van der Waals surface area contributed by atoms with Crippen molar-refractivity contribution in [3.8, 4) is 11.5 Å². The van der Waals surface area contributed by atoms with Crippen molar-refractivity contribution in [1.29, 1.82) is 0 Å². The van der Waals surface area contributed by atoms with Gasteiger partial charge in [-0.15, -0.1) is 0 Å². The molecule has 2 aromatic heterocycles. The molecule has 160 valence electrons. The highest BCUT2D eigenvalue weighted by atomic mass is 16.5. The summed E-state index contributed by atoms with van der Waals surface area (Å²) < 4.78 is 5.89. The highest BCUT2D eigenvalue weighted by Gasteiger charge is 2.24. The molecule has 0 unspecified atom stereocenters. The zero-order valence-corrected chi connectivity index (χ0v) is 17.9. The van der Waals surface area contributed by atoms with Crippen LogP contribution in [0.1, 0.15) is 28.9 Å². The van der Waals surface area contributed by atoms with E-state index in [0.717, 1.165) is 59.9 Å². The fraction of sp³-hybridized carbons (Fsp3) is 0.192. The van der Waals surface area contributed by atoms with E-state index in [0.29, 0.717) is 11.2 Å². The summed E-state index contributed by atoms with van der Waals surface area (Å²) >= 11 is 0. The van der Waals surface area contributed by atoms with Gasteiger partial charge in [0.05, 0.1) is 11.3 Å². The monoisotopic (exact) mass is 424 g/mol.